The fourth-order valence-electron chi connectivity index (χ4n) is 3.70. The van der Waals surface area contributed by atoms with Gasteiger partial charge in [0.15, 0.2) is 12.2 Å². The molecule has 9 heteroatoms. The van der Waals surface area contributed by atoms with Crippen molar-refractivity contribution in [2.45, 2.75) is 64.7 Å². The molecule has 0 bridgehead atoms. The van der Waals surface area contributed by atoms with Crippen molar-refractivity contribution in [3.05, 3.63) is 71.8 Å². The second kappa shape index (κ2) is 13.0. The van der Waals surface area contributed by atoms with Crippen molar-refractivity contribution in [3.63, 3.8) is 0 Å². The van der Waals surface area contributed by atoms with Gasteiger partial charge in [-0.15, -0.1) is 0 Å². The molecule has 1 saturated heterocycles. The zero-order valence-electron chi connectivity index (χ0n) is 20.0. The van der Waals surface area contributed by atoms with Crippen LogP contribution in [-0.2, 0) is 56.0 Å². The summed E-state index contributed by atoms with van der Waals surface area (Å²) in [6, 6.07) is 18.8. The van der Waals surface area contributed by atoms with E-state index in [9.17, 15) is 14.4 Å². The number of carbonyl (C=O) groups is 3. The Balaban J connectivity index is 1.92. The summed E-state index contributed by atoms with van der Waals surface area (Å²) in [4.78, 5) is 35.3. The van der Waals surface area contributed by atoms with Crippen LogP contribution in [0.1, 0.15) is 31.9 Å². The molecule has 35 heavy (non-hydrogen) atoms. The highest BCUT2D eigenvalue weighted by Crippen LogP contribution is 2.31. The molecule has 9 nitrogen and oxygen atoms in total. The van der Waals surface area contributed by atoms with E-state index < -0.39 is 48.6 Å². The third-order valence-corrected chi connectivity index (χ3v) is 5.20. The highest BCUT2D eigenvalue weighted by Gasteiger charge is 2.51. The predicted octanol–water partition coefficient (Wildman–Crippen LogP) is 2.94. The zero-order chi connectivity index (χ0) is 25.2. The van der Waals surface area contributed by atoms with Gasteiger partial charge in [-0.25, -0.2) is 0 Å². The predicted molar refractivity (Wildman–Crippen MR) is 123 cm³/mol. The molecule has 2 aromatic rings. The number of esters is 3. The Kier molecular flexibility index (Phi) is 9.77. The summed E-state index contributed by atoms with van der Waals surface area (Å²) in [7, 11) is 0. The van der Waals surface area contributed by atoms with Gasteiger partial charge in [-0.05, 0) is 11.1 Å². The van der Waals surface area contributed by atoms with Crippen LogP contribution in [0.15, 0.2) is 60.7 Å². The smallest absolute Gasteiger partial charge is 0.305 e. The summed E-state index contributed by atoms with van der Waals surface area (Å²) in [6.45, 7) is 3.86. The highest BCUT2D eigenvalue weighted by atomic mass is 16.7. The Labute approximate surface area is 204 Å². The Morgan fingerprint density at radius 2 is 1.20 bits per heavy atom. The van der Waals surface area contributed by atoms with Gasteiger partial charge in [0.2, 0.25) is 6.29 Å². The largest absolute Gasteiger partial charge is 0.463 e. The zero-order valence-corrected chi connectivity index (χ0v) is 20.0. The van der Waals surface area contributed by atoms with Crippen molar-refractivity contribution in [1.29, 1.82) is 0 Å². The molecule has 1 aliphatic rings. The van der Waals surface area contributed by atoms with Crippen LogP contribution in [0.2, 0.25) is 0 Å². The minimum Gasteiger partial charge on any atom is -0.463 e. The summed E-state index contributed by atoms with van der Waals surface area (Å²) >= 11 is 0. The number of hydrogen-bond donors (Lipinski definition) is 0. The first-order valence-corrected chi connectivity index (χ1v) is 11.3. The molecule has 3 rings (SSSR count). The van der Waals surface area contributed by atoms with E-state index in [0.29, 0.717) is 0 Å². The number of ether oxygens (including phenoxy) is 6. The van der Waals surface area contributed by atoms with Crippen LogP contribution in [-0.4, -0.2) is 55.2 Å². The highest BCUT2D eigenvalue weighted by molar-refractivity contribution is 5.67. The van der Waals surface area contributed by atoms with Gasteiger partial charge in [0.05, 0.1) is 13.2 Å². The van der Waals surface area contributed by atoms with Crippen molar-refractivity contribution < 1.29 is 42.8 Å². The Morgan fingerprint density at radius 1 is 0.686 bits per heavy atom. The summed E-state index contributed by atoms with van der Waals surface area (Å²) in [5, 5.41) is 0. The second-order valence-electron chi connectivity index (χ2n) is 8.05. The number of benzene rings is 2. The lowest BCUT2D eigenvalue weighted by molar-refractivity contribution is -0.313. The monoisotopic (exact) mass is 486 g/mol. The van der Waals surface area contributed by atoms with Crippen LogP contribution in [0, 0.1) is 0 Å². The third kappa shape index (κ3) is 8.17. The van der Waals surface area contributed by atoms with Gasteiger partial charge in [0.1, 0.15) is 18.8 Å². The molecule has 1 heterocycles. The van der Waals surface area contributed by atoms with Gasteiger partial charge in [-0.3, -0.25) is 14.4 Å². The first-order valence-electron chi connectivity index (χ1n) is 11.3. The summed E-state index contributed by atoms with van der Waals surface area (Å²) in [5.74, 6) is -1.71. The van der Waals surface area contributed by atoms with Crippen molar-refractivity contribution in [2.75, 3.05) is 6.61 Å². The molecule has 5 atom stereocenters. The molecule has 1 fully saturated rings. The molecule has 1 aliphatic heterocycles. The fraction of sp³-hybridized carbons (Fsp3) is 0.423. The fourth-order valence-corrected chi connectivity index (χ4v) is 3.70. The maximum atomic E-state index is 12.0. The van der Waals surface area contributed by atoms with Gasteiger partial charge in [-0.1, -0.05) is 60.7 Å². The van der Waals surface area contributed by atoms with E-state index in [1.807, 2.05) is 60.7 Å². The van der Waals surface area contributed by atoms with Crippen molar-refractivity contribution in [2.24, 2.45) is 0 Å². The van der Waals surface area contributed by atoms with Crippen molar-refractivity contribution in [3.8, 4) is 0 Å². The van der Waals surface area contributed by atoms with Crippen LogP contribution >= 0.6 is 0 Å². The molecule has 0 spiro atoms. The maximum Gasteiger partial charge on any atom is 0.305 e. The Hall–Kier alpha value is -3.27. The van der Waals surface area contributed by atoms with Gasteiger partial charge < -0.3 is 28.4 Å². The van der Waals surface area contributed by atoms with Crippen LogP contribution in [0.5, 0.6) is 0 Å². The second-order valence-corrected chi connectivity index (χ2v) is 8.05. The summed E-state index contributed by atoms with van der Waals surface area (Å²) < 4.78 is 34.4. The van der Waals surface area contributed by atoms with Crippen LogP contribution in [0.25, 0.3) is 0 Å². The molecule has 0 saturated carbocycles. The Bertz CT molecular complexity index is 963. The van der Waals surface area contributed by atoms with Crippen molar-refractivity contribution >= 4 is 17.9 Å². The van der Waals surface area contributed by atoms with E-state index >= 15 is 0 Å². The van der Waals surface area contributed by atoms with E-state index in [1.54, 1.807) is 0 Å². The molecule has 0 radical (unpaired) electrons. The van der Waals surface area contributed by atoms with E-state index in [0.717, 1.165) is 11.1 Å². The number of carbonyl (C=O) groups excluding carboxylic acids is 3. The number of hydrogen-bond acceptors (Lipinski definition) is 9. The summed E-state index contributed by atoms with van der Waals surface area (Å²) in [5.41, 5.74) is 1.75. The molecular weight excluding hydrogens is 456 g/mol. The first-order chi connectivity index (χ1) is 16.8. The molecule has 0 amide bonds. The topological polar surface area (TPSA) is 107 Å². The quantitative estimate of drug-likeness (QED) is 0.370. The molecule has 2 aromatic carbocycles. The minimum atomic E-state index is -1.19. The average molecular weight is 487 g/mol. The van der Waals surface area contributed by atoms with Crippen molar-refractivity contribution in [1.82, 2.24) is 0 Å². The lowest BCUT2D eigenvalue weighted by Gasteiger charge is -2.44. The summed E-state index contributed by atoms with van der Waals surface area (Å²) in [6.07, 6.45) is -4.99. The maximum absolute atomic E-state index is 12.0. The molecule has 0 aromatic heterocycles. The SMILES string of the molecule is CC(=O)OC[C@H]1O[C@H](OC(C)=O)[C@@H](OCc2ccccc2)[C@@H](OCc2ccccc2)[C@@H]1OC(C)=O. The van der Waals surface area contributed by atoms with Crippen LogP contribution in [0.4, 0.5) is 0 Å². The van der Waals surface area contributed by atoms with E-state index in [2.05, 4.69) is 0 Å². The lowest BCUT2D eigenvalue weighted by Crippen LogP contribution is -2.62. The molecule has 188 valence electrons. The van der Waals surface area contributed by atoms with Gasteiger partial charge in [0.25, 0.3) is 0 Å². The first kappa shape index (κ1) is 26.3. The lowest BCUT2D eigenvalue weighted by atomic mass is 9.98. The third-order valence-electron chi connectivity index (χ3n) is 5.20. The van der Waals surface area contributed by atoms with Gasteiger partial charge >= 0.3 is 17.9 Å². The molecule has 0 N–H and O–H groups in total. The van der Waals surface area contributed by atoms with Crippen LogP contribution in [0.3, 0.4) is 0 Å². The van der Waals surface area contributed by atoms with E-state index in [-0.39, 0.29) is 19.8 Å². The molecule has 0 unspecified atom stereocenters. The molecule has 0 aliphatic carbocycles. The molecular formula is C26H30O9. The number of rotatable bonds is 10. The average Bonchev–Trinajstić information content (AvgIpc) is 2.82. The van der Waals surface area contributed by atoms with E-state index in [4.69, 9.17) is 28.4 Å². The normalized spacial score (nSPS) is 23.8. The van der Waals surface area contributed by atoms with Crippen LogP contribution < -0.4 is 0 Å². The Morgan fingerprint density at radius 3 is 1.69 bits per heavy atom. The van der Waals surface area contributed by atoms with Gasteiger partial charge in [-0.2, -0.15) is 0 Å². The minimum absolute atomic E-state index is 0.166. The standard InChI is InChI=1S/C26H30O9/c1-17(27)30-16-22-23(33-18(2)28)24(31-14-20-10-6-4-7-11-20)25(26(35-22)34-19(3)29)32-15-21-12-8-5-9-13-21/h4-13,22-26H,14-16H2,1-3H3/t22-,23-,24+,25+,26+/m1/s1. The van der Waals surface area contributed by atoms with E-state index in [1.165, 1.54) is 20.8 Å². The van der Waals surface area contributed by atoms with Gasteiger partial charge in [0, 0.05) is 20.8 Å².